The fraction of sp³-hybridized carbons (Fsp3) is 0.490. The highest BCUT2D eigenvalue weighted by Gasteiger charge is 2.66. The molecular weight excluding hydrogens is 847 g/mol. The number of hydrogen-bond acceptors (Lipinski definition) is 11. The summed E-state index contributed by atoms with van der Waals surface area (Å²) in [5.41, 5.74) is 2.28. The topological polar surface area (TPSA) is 140 Å². The molecule has 0 bridgehead atoms. The van der Waals surface area contributed by atoms with Gasteiger partial charge in [0.1, 0.15) is 22.0 Å². The first-order valence-corrected chi connectivity index (χ1v) is 25.3. The summed E-state index contributed by atoms with van der Waals surface area (Å²) in [6, 6.07) is 24.3. The highest BCUT2D eigenvalue weighted by molar-refractivity contribution is 7.99. The fourth-order valence-corrected chi connectivity index (χ4v) is 12.5. The van der Waals surface area contributed by atoms with Crippen LogP contribution < -0.4 is 9.47 Å². The van der Waals surface area contributed by atoms with E-state index in [4.69, 9.17) is 24.2 Å². The number of unbranched alkanes of at least 4 members (excludes halogenated alkanes) is 2. The molecule has 6 atom stereocenters. The number of oxime groups is 1. The number of nitrogens with zero attached hydrogens (tertiary/aromatic N) is 3. The molecule has 64 heavy (non-hydrogen) atoms. The molecule has 2 heterocycles. The summed E-state index contributed by atoms with van der Waals surface area (Å²) < 4.78 is 53.7. The minimum absolute atomic E-state index is 0.0271. The number of pyridine rings is 1. The Hall–Kier alpha value is -4.24. The van der Waals surface area contributed by atoms with Crippen molar-refractivity contribution < 1.29 is 37.7 Å². The molecule has 0 unspecified atom stereocenters. The Labute approximate surface area is 384 Å². The van der Waals surface area contributed by atoms with Gasteiger partial charge in [-0.15, -0.1) is 18.3 Å². The number of benzene rings is 3. The molecule has 4 aromatic rings. The molecule has 3 aromatic carbocycles. The highest BCUT2D eigenvalue weighted by atomic mass is 32.2. The molecule has 0 saturated heterocycles. The Kier molecular flexibility index (Phi) is 15.9. The van der Waals surface area contributed by atoms with Gasteiger partial charge >= 0.3 is 0 Å². The second kappa shape index (κ2) is 21.4. The average molecular weight is 912 g/mol. The van der Waals surface area contributed by atoms with Crippen molar-refractivity contribution in [1.29, 1.82) is 0 Å². The first kappa shape index (κ1) is 47.7. The number of aliphatic hydroxyl groups excluding tert-OH is 2. The molecule has 1 saturated carbocycles. The number of aromatic nitrogens is 1. The summed E-state index contributed by atoms with van der Waals surface area (Å²) in [5.74, 6) is -0.165. The summed E-state index contributed by atoms with van der Waals surface area (Å²) in [5, 5.41) is 25.6. The van der Waals surface area contributed by atoms with E-state index in [1.165, 1.54) is 4.90 Å². The van der Waals surface area contributed by atoms with Gasteiger partial charge in [-0.1, -0.05) is 73.5 Å². The van der Waals surface area contributed by atoms with E-state index in [9.17, 15) is 10.2 Å². The van der Waals surface area contributed by atoms with Crippen LogP contribution in [0.3, 0.4) is 0 Å². The van der Waals surface area contributed by atoms with Gasteiger partial charge in [-0.3, -0.25) is 4.98 Å². The number of rotatable bonds is 22. The molecule has 7 rings (SSSR count). The van der Waals surface area contributed by atoms with E-state index in [2.05, 4.69) is 35.8 Å². The van der Waals surface area contributed by atoms with Crippen LogP contribution in [0, 0.1) is 17.8 Å². The van der Waals surface area contributed by atoms with Gasteiger partial charge in [0.2, 0.25) is 15.8 Å². The van der Waals surface area contributed by atoms with Gasteiger partial charge in [-0.05, 0) is 113 Å². The molecule has 11 nitrogen and oxygen atoms in total. The van der Waals surface area contributed by atoms with E-state index in [-0.39, 0.29) is 55.4 Å². The smallest absolute Gasteiger partial charge is 0.245 e. The maximum Gasteiger partial charge on any atom is 0.245 e. The largest absolute Gasteiger partial charge is 0.493 e. The van der Waals surface area contributed by atoms with Crippen molar-refractivity contribution in [1.82, 2.24) is 9.29 Å². The number of allylic oxidation sites excluding steroid dienone is 1. The first-order valence-electron chi connectivity index (χ1n) is 22.9. The monoisotopic (exact) mass is 911 g/mol. The van der Waals surface area contributed by atoms with Crippen LogP contribution in [0.5, 0.6) is 11.5 Å². The lowest BCUT2D eigenvalue weighted by Gasteiger charge is -2.59. The van der Waals surface area contributed by atoms with Crippen LogP contribution >= 0.6 is 11.8 Å². The number of hydrogen-bond donors (Lipinski definition) is 2. The van der Waals surface area contributed by atoms with Gasteiger partial charge in [0, 0.05) is 59.9 Å². The van der Waals surface area contributed by atoms with Crippen LogP contribution in [0.4, 0.5) is 0 Å². The van der Waals surface area contributed by atoms with Crippen molar-refractivity contribution in [3.05, 3.63) is 115 Å². The zero-order valence-electron chi connectivity index (χ0n) is 37.7. The lowest BCUT2D eigenvalue weighted by molar-refractivity contribution is -0.251. The molecular formula is C51H65N3O8S2. The third-order valence-electron chi connectivity index (χ3n) is 12.4. The second-order valence-electron chi connectivity index (χ2n) is 17.9. The first-order chi connectivity index (χ1) is 31.0. The SMILES string of the molecule is C=CCO[C@@]12Oc3ccc(OCCSc4ccccc4)cc3[C@H]3[C@H](CCCCO)[C@@H](CCCCO)C=C(C(=NOC(C)(C)C)C[C@@H]1N(CCC)S(=O)(=O)c1cccc4cccnc14)[C@H]32. The van der Waals surface area contributed by atoms with E-state index >= 15 is 8.42 Å². The van der Waals surface area contributed by atoms with Crippen LogP contribution in [0.15, 0.2) is 124 Å². The predicted octanol–water partition coefficient (Wildman–Crippen LogP) is 9.94. The normalized spacial score (nSPS) is 23.6. The predicted molar refractivity (Wildman–Crippen MR) is 254 cm³/mol. The van der Waals surface area contributed by atoms with Crippen LogP contribution in [0.1, 0.15) is 90.5 Å². The lowest BCUT2D eigenvalue weighted by Crippen LogP contribution is -2.70. The average Bonchev–Trinajstić information content (AvgIpc) is 3.29. The number of sulfonamides is 1. The standard InChI is InChI=1S/C51H65N3O8S2/c1-6-27-54(64(57,58)45-23-15-18-36-19-16-26-52-49(36)45)46-35-43(53-62-50(3,4)5)41-33-37(17-11-13-28-55)40(22-12-14-29-56)47-42-34-38(59-31-32-63-39-20-9-8-10-21-39)24-25-44(42)61-51(46,48(41)47)60-30-7-2/h7-10,15-16,18-21,23-26,33-34,37,40,46-48,55-56H,2,6,11-14,17,22,27-32,35H2,1,3-5H3/t37-,40+,46-,47+,48+,51+/m0/s1. The van der Waals surface area contributed by atoms with Crippen LogP contribution in [-0.4, -0.2) is 89.8 Å². The van der Waals surface area contributed by atoms with Crippen molar-refractivity contribution >= 4 is 38.4 Å². The zero-order valence-corrected chi connectivity index (χ0v) is 39.4. The quantitative estimate of drug-likeness (QED) is 0.0339. The van der Waals surface area contributed by atoms with Crippen molar-refractivity contribution in [3.8, 4) is 11.5 Å². The van der Waals surface area contributed by atoms with Crippen molar-refractivity contribution in [3.63, 3.8) is 0 Å². The minimum atomic E-state index is -4.27. The van der Waals surface area contributed by atoms with E-state index in [0.717, 1.165) is 48.0 Å². The molecule has 13 heteroatoms. The number of para-hydroxylation sites is 1. The molecule has 2 aliphatic carbocycles. The molecule has 0 radical (unpaired) electrons. The molecule has 3 aliphatic rings. The van der Waals surface area contributed by atoms with Crippen LogP contribution in [0.2, 0.25) is 0 Å². The summed E-state index contributed by atoms with van der Waals surface area (Å²) in [6.45, 7) is 12.8. The van der Waals surface area contributed by atoms with Gasteiger partial charge < -0.3 is 29.3 Å². The van der Waals surface area contributed by atoms with Gasteiger partial charge in [-0.2, -0.15) is 4.31 Å². The number of fused-ring (bicyclic) bond motifs is 3. The van der Waals surface area contributed by atoms with Crippen molar-refractivity contribution in [2.75, 3.05) is 38.7 Å². The zero-order chi connectivity index (χ0) is 45.3. The molecule has 1 fully saturated rings. The number of ether oxygens (including phenoxy) is 3. The summed E-state index contributed by atoms with van der Waals surface area (Å²) >= 11 is 1.74. The maximum atomic E-state index is 15.5. The van der Waals surface area contributed by atoms with Gasteiger partial charge in [0.25, 0.3) is 0 Å². The molecule has 344 valence electrons. The van der Waals surface area contributed by atoms with Crippen molar-refractivity contribution in [2.45, 2.75) is 112 Å². The summed E-state index contributed by atoms with van der Waals surface area (Å²) in [6.07, 6.45) is 10.8. The highest BCUT2D eigenvalue weighted by Crippen LogP contribution is 2.62. The van der Waals surface area contributed by atoms with E-state index in [0.29, 0.717) is 48.6 Å². The van der Waals surface area contributed by atoms with E-state index < -0.39 is 33.4 Å². The van der Waals surface area contributed by atoms with E-state index in [1.54, 1.807) is 46.5 Å². The Morgan fingerprint density at radius 2 is 1.77 bits per heavy atom. The summed E-state index contributed by atoms with van der Waals surface area (Å²) in [7, 11) is -4.27. The Balaban J connectivity index is 1.43. The molecule has 1 aliphatic heterocycles. The number of thioether (sulfide) groups is 1. The number of aliphatic hydroxyl groups is 2. The molecule has 1 aromatic heterocycles. The van der Waals surface area contributed by atoms with Gasteiger partial charge in [0.05, 0.1) is 36.4 Å². The minimum Gasteiger partial charge on any atom is -0.493 e. The van der Waals surface area contributed by atoms with Gasteiger partial charge in [0.15, 0.2) is 0 Å². The second-order valence-corrected chi connectivity index (χ2v) is 21.0. The molecule has 0 spiro atoms. The Bertz CT molecular complexity index is 2360. The van der Waals surface area contributed by atoms with E-state index in [1.807, 2.05) is 70.2 Å². The molecule has 2 N–H and O–H groups in total. The fourth-order valence-electron chi connectivity index (χ4n) is 9.82. The van der Waals surface area contributed by atoms with Crippen molar-refractivity contribution in [2.24, 2.45) is 22.9 Å². The third-order valence-corrected chi connectivity index (χ3v) is 15.3. The maximum absolute atomic E-state index is 15.5. The molecule has 0 amide bonds. The Morgan fingerprint density at radius 3 is 2.50 bits per heavy atom. The lowest BCUT2D eigenvalue weighted by atomic mass is 9.55. The Morgan fingerprint density at radius 1 is 1.00 bits per heavy atom. The third kappa shape index (κ3) is 10.4. The van der Waals surface area contributed by atoms with Crippen LogP contribution in [0.25, 0.3) is 10.9 Å². The van der Waals surface area contributed by atoms with Gasteiger partial charge in [-0.25, -0.2) is 8.42 Å². The summed E-state index contributed by atoms with van der Waals surface area (Å²) in [4.78, 5) is 12.1. The van der Waals surface area contributed by atoms with Crippen LogP contribution in [-0.2, 0) is 19.6 Å².